The summed E-state index contributed by atoms with van der Waals surface area (Å²) in [6, 6.07) is 4.55. The lowest BCUT2D eigenvalue weighted by Crippen LogP contribution is -2.03. The largest absolute Gasteiger partial charge is 0.295 e. The van der Waals surface area contributed by atoms with Gasteiger partial charge in [0, 0.05) is 6.04 Å². The smallest absolute Gasteiger partial charge is 0.195 e. The van der Waals surface area contributed by atoms with Gasteiger partial charge in [-0.05, 0) is 34.5 Å². The first kappa shape index (κ1) is 12.1. The zero-order valence-electron chi connectivity index (χ0n) is 11.0. The molecule has 5 heteroatoms. The van der Waals surface area contributed by atoms with Crippen molar-refractivity contribution in [1.29, 1.82) is 0 Å². The Morgan fingerprint density at radius 1 is 1.33 bits per heavy atom. The van der Waals surface area contributed by atoms with E-state index in [0.29, 0.717) is 6.04 Å². The molecule has 18 heavy (non-hydrogen) atoms. The molecule has 3 rings (SSSR count). The molecular weight excluding hydrogens is 262 g/mol. The fourth-order valence-electron chi connectivity index (χ4n) is 2.93. The van der Waals surface area contributed by atoms with Crippen molar-refractivity contribution in [2.75, 3.05) is 0 Å². The van der Waals surface area contributed by atoms with E-state index in [1.54, 1.807) is 11.3 Å². The maximum atomic E-state index is 5.42. The van der Waals surface area contributed by atoms with Gasteiger partial charge < -0.3 is 0 Å². The zero-order valence-corrected chi connectivity index (χ0v) is 12.7. The molecule has 96 valence electrons. The third-order valence-electron chi connectivity index (χ3n) is 4.65. The lowest BCUT2D eigenvalue weighted by Gasteiger charge is -2.07. The van der Waals surface area contributed by atoms with Gasteiger partial charge in [0.25, 0.3) is 0 Å². The van der Waals surface area contributed by atoms with E-state index in [1.807, 2.05) is 6.07 Å². The van der Waals surface area contributed by atoms with Gasteiger partial charge in [-0.1, -0.05) is 33.8 Å². The summed E-state index contributed by atoms with van der Waals surface area (Å²) in [4.78, 5) is 1.17. The molecule has 1 aliphatic carbocycles. The van der Waals surface area contributed by atoms with Gasteiger partial charge in [0.05, 0.1) is 4.88 Å². The molecule has 0 spiro atoms. The van der Waals surface area contributed by atoms with E-state index in [9.17, 15) is 0 Å². The van der Waals surface area contributed by atoms with Crippen molar-refractivity contribution in [1.82, 2.24) is 14.8 Å². The number of hydrogen-bond acceptors (Lipinski definition) is 3. The van der Waals surface area contributed by atoms with Gasteiger partial charge in [0.2, 0.25) is 0 Å². The predicted octanol–water partition coefficient (Wildman–Crippen LogP) is 4.28. The Balaban J connectivity index is 2.15. The second-order valence-corrected chi connectivity index (χ2v) is 7.38. The summed E-state index contributed by atoms with van der Waals surface area (Å²) >= 11 is 7.12. The number of rotatable bonds is 2. The molecular formula is C13H17N3S2. The maximum Gasteiger partial charge on any atom is 0.195 e. The molecule has 3 nitrogen and oxygen atoms in total. The topological polar surface area (TPSA) is 33.6 Å². The van der Waals surface area contributed by atoms with Crippen LogP contribution < -0.4 is 0 Å². The summed E-state index contributed by atoms with van der Waals surface area (Å²) in [7, 11) is 0. The Labute approximate surface area is 116 Å². The molecule has 1 saturated carbocycles. The SMILES string of the molecule is CC1(C)C(n2c(-c3cccs3)n[nH]c2=S)C1(C)C. The number of thiophene rings is 1. The van der Waals surface area contributed by atoms with Crippen molar-refractivity contribution in [3.8, 4) is 10.7 Å². The van der Waals surface area contributed by atoms with Crippen molar-refractivity contribution in [3.63, 3.8) is 0 Å². The van der Waals surface area contributed by atoms with Gasteiger partial charge in [-0.25, -0.2) is 0 Å². The predicted molar refractivity (Wildman–Crippen MR) is 77.3 cm³/mol. The second-order valence-electron chi connectivity index (χ2n) is 6.05. The van der Waals surface area contributed by atoms with E-state index in [0.717, 1.165) is 10.6 Å². The van der Waals surface area contributed by atoms with E-state index in [4.69, 9.17) is 12.2 Å². The molecule has 0 unspecified atom stereocenters. The number of H-pyrrole nitrogens is 1. The lowest BCUT2D eigenvalue weighted by molar-refractivity contribution is 0.457. The highest BCUT2D eigenvalue weighted by Gasteiger charge is 2.66. The molecule has 2 heterocycles. The van der Waals surface area contributed by atoms with E-state index in [-0.39, 0.29) is 10.8 Å². The van der Waals surface area contributed by atoms with Crippen LogP contribution in [0.5, 0.6) is 0 Å². The van der Waals surface area contributed by atoms with Crippen molar-refractivity contribution < 1.29 is 0 Å². The molecule has 0 saturated heterocycles. The fourth-order valence-corrected chi connectivity index (χ4v) is 3.88. The monoisotopic (exact) mass is 279 g/mol. The summed E-state index contributed by atoms with van der Waals surface area (Å²) in [6.07, 6.45) is 0. The van der Waals surface area contributed by atoms with Crippen LogP contribution in [0.15, 0.2) is 17.5 Å². The Morgan fingerprint density at radius 2 is 2.00 bits per heavy atom. The maximum absolute atomic E-state index is 5.42. The molecule has 1 N–H and O–H groups in total. The Bertz CT molecular complexity index is 617. The Morgan fingerprint density at radius 3 is 2.50 bits per heavy atom. The summed E-state index contributed by atoms with van der Waals surface area (Å²) in [5.41, 5.74) is 0.502. The zero-order chi connectivity index (χ0) is 13.1. The summed E-state index contributed by atoms with van der Waals surface area (Å²) in [6.45, 7) is 9.19. The van der Waals surface area contributed by atoms with Gasteiger partial charge in [0.1, 0.15) is 0 Å². The molecule has 0 atom stereocenters. The molecule has 0 amide bonds. The third kappa shape index (κ3) is 1.40. The standard InChI is InChI=1S/C13H17N3S2/c1-12(2)10(13(12,3)4)16-9(14-15-11(16)17)8-6-5-7-18-8/h5-7,10H,1-4H3,(H,15,17). The average molecular weight is 279 g/mol. The lowest BCUT2D eigenvalue weighted by atomic mass is 10.0. The number of nitrogens with zero attached hydrogens (tertiary/aromatic N) is 2. The first-order valence-electron chi connectivity index (χ1n) is 6.08. The fraction of sp³-hybridized carbons (Fsp3) is 0.538. The minimum absolute atomic E-state index is 0.251. The number of hydrogen-bond donors (Lipinski definition) is 1. The minimum Gasteiger partial charge on any atom is -0.295 e. The number of nitrogens with one attached hydrogen (secondary N) is 1. The molecule has 0 bridgehead atoms. The van der Waals surface area contributed by atoms with Crippen LogP contribution in [0.3, 0.4) is 0 Å². The van der Waals surface area contributed by atoms with Crippen molar-refractivity contribution in [3.05, 3.63) is 22.3 Å². The first-order chi connectivity index (χ1) is 8.37. The van der Waals surface area contributed by atoms with Crippen LogP contribution in [-0.2, 0) is 0 Å². The third-order valence-corrected chi connectivity index (χ3v) is 5.80. The van der Waals surface area contributed by atoms with E-state index in [1.165, 1.54) is 4.88 Å². The van der Waals surface area contributed by atoms with Crippen LogP contribution in [-0.4, -0.2) is 14.8 Å². The number of aromatic amines is 1. The Kier molecular flexibility index (Phi) is 2.38. The van der Waals surface area contributed by atoms with E-state index < -0.39 is 0 Å². The van der Waals surface area contributed by atoms with Crippen LogP contribution in [0.1, 0.15) is 33.7 Å². The molecule has 0 radical (unpaired) electrons. The van der Waals surface area contributed by atoms with Gasteiger partial charge in [-0.2, -0.15) is 5.10 Å². The molecule has 1 aliphatic rings. The van der Waals surface area contributed by atoms with Gasteiger partial charge in [0.15, 0.2) is 10.6 Å². The highest BCUT2D eigenvalue weighted by molar-refractivity contribution is 7.71. The number of aromatic nitrogens is 3. The molecule has 0 aliphatic heterocycles. The van der Waals surface area contributed by atoms with Crippen LogP contribution in [0, 0.1) is 15.6 Å². The van der Waals surface area contributed by atoms with Gasteiger partial charge >= 0.3 is 0 Å². The van der Waals surface area contributed by atoms with Crippen LogP contribution in [0.2, 0.25) is 0 Å². The van der Waals surface area contributed by atoms with Crippen LogP contribution in [0.4, 0.5) is 0 Å². The van der Waals surface area contributed by atoms with E-state index >= 15 is 0 Å². The first-order valence-corrected chi connectivity index (χ1v) is 7.37. The summed E-state index contributed by atoms with van der Waals surface area (Å²) < 4.78 is 2.92. The summed E-state index contributed by atoms with van der Waals surface area (Å²) in [5, 5.41) is 9.42. The van der Waals surface area contributed by atoms with E-state index in [2.05, 4.69) is 53.9 Å². The van der Waals surface area contributed by atoms with Crippen LogP contribution in [0.25, 0.3) is 10.7 Å². The highest BCUT2D eigenvalue weighted by atomic mass is 32.1. The highest BCUT2D eigenvalue weighted by Crippen LogP contribution is 2.71. The van der Waals surface area contributed by atoms with Gasteiger partial charge in [-0.3, -0.25) is 9.67 Å². The Hall–Kier alpha value is -0.940. The second kappa shape index (κ2) is 3.54. The molecule has 2 aromatic heterocycles. The van der Waals surface area contributed by atoms with Crippen molar-refractivity contribution in [2.24, 2.45) is 10.8 Å². The quantitative estimate of drug-likeness (QED) is 0.833. The van der Waals surface area contributed by atoms with Crippen LogP contribution >= 0.6 is 23.6 Å². The normalized spacial score (nSPS) is 21.1. The minimum atomic E-state index is 0.251. The van der Waals surface area contributed by atoms with Crippen molar-refractivity contribution >= 4 is 23.6 Å². The molecule has 0 aromatic carbocycles. The van der Waals surface area contributed by atoms with Crippen molar-refractivity contribution in [2.45, 2.75) is 33.7 Å². The summed E-state index contributed by atoms with van der Waals surface area (Å²) in [5.74, 6) is 0.971. The van der Waals surface area contributed by atoms with Gasteiger partial charge in [-0.15, -0.1) is 11.3 Å². The molecule has 1 fully saturated rings. The average Bonchev–Trinajstić information content (AvgIpc) is 2.78. The molecule has 2 aromatic rings.